The maximum absolute atomic E-state index is 13.8. The number of ketones is 2. The average molecular weight is 601 g/mol. The van der Waals surface area contributed by atoms with Crippen molar-refractivity contribution >= 4 is 27.7 Å². The minimum atomic E-state index is -6.50. The Morgan fingerprint density at radius 3 is 2.25 bits per heavy atom. The number of halogens is 5. The summed E-state index contributed by atoms with van der Waals surface area (Å²) in [5.74, 6) is -1.15. The number of rotatable bonds is 7. The van der Waals surface area contributed by atoms with Crippen LogP contribution in [0, 0.1) is 46.3 Å². The van der Waals surface area contributed by atoms with Crippen LogP contribution in [0.25, 0.3) is 0 Å². The molecule has 0 saturated heterocycles. The zero-order chi connectivity index (χ0) is 30.1. The van der Waals surface area contributed by atoms with Crippen LogP contribution in [0.2, 0.25) is 0 Å². The van der Waals surface area contributed by atoms with Gasteiger partial charge >= 0.3 is 27.5 Å². The standard InChI is InChI=1S/C27H37F5O7S/c1-14(4-7-21(35)39-23(26(28,29)30)27(31,32)40(36,37)38)17-5-6-18-22-19(9-11-25(17,18)3)24(2)10-8-16(33)12-15(24)13-20(22)34/h14-15,17-19,22-23H,4-13H2,1-3H3,(H,36,37,38)/t14-,15?,17-,18+,19+,22+,23?,24+,25-/m1/s1. The Hall–Kier alpha value is -1.63. The van der Waals surface area contributed by atoms with E-state index in [9.17, 15) is 44.8 Å². The van der Waals surface area contributed by atoms with Gasteiger partial charge in [0.25, 0.3) is 6.10 Å². The third-order valence-corrected chi connectivity index (χ3v) is 11.9. The highest BCUT2D eigenvalue weighted by molar-refractivity contribution is 7.86. The SMILES string of the molecule is C[C@H](CCC(=O)OC(C(F)(F)F)C(F)(F)S(=O)(=O)O)[C@H]1CC[C@H]2[C@@H]3C(=O)CC4CC(=O)CC[C@]4(C)[C@H]3CC[C@]12C. The second kappa shape index (κ2) is 10.3. The minimum absolute atomic E-state index is 0.0256. The van der Waals surface area contributed by atoms with Crippen molar-refractivity contribution in [3.05, 3.63) is 0 Å². The Morgan fingerprint density at radius 1 is 1.02 bits per heavy atom. The quantitative estimate of drug-likeness (QED) is 0.224. The molecule has 4 fully saturated rings. The number of alkyl halides is 5. The summed E-state index contributed by atoms with van der Waals surface area (Å²) in [5, 5.41) is -5.76. The smallest absolute Gasteiger partial charge is 0.432 e. The number of esters is 1. The van der Waals surface area contributed by atoms with Crippen LogP contribution in [0.1, 0.15) is 85.0 Å². The molecule has 0 spiro atoms. The first kappa shape index (κ1) is 31.3. The van der Waals surface area contributed by atoms with Gasteiger partial charge < -0.3 is 4.74 Å². The molecule has 0 aromatic rings. The Bertz CT molecular complexity index is 1150. The molecule has 13 heteroatoms. The van der Waals surface area contributed by atoms with Gasteiger partial charge in [0.05, 0.1) is 0 Å². The van der Waals surface area contributed by atoms with Crippen molar-refractivity contribution in [1.82, 2.24) is 0 Å². The average Bonchev–Trinajstić information content (AvgIpc) is 3.17. The molecule has 4 rings (SSSR count). The van der Waals surface area contributed by atoms with E-state index in [1.165, 1.54) is 0 Å². The maximum atomic E-state index is 13.8. The molecule has 0 radical (unpaired) electrons. The highest BCUT2D eigenvalue weighted by Crippen LogP contribution is 2.67. The summed E-state index contributed by atoms with van der Waals surface area (Å²) in [6.45, 7) is 6.18. The van der Waals surface area contributed by atoms with E-state index in [1.54, 1.807) is 0 Å². The van der Waals surface area contributed by atoms with Crippen LogP contribution in [0.3, 0.4) is 0 Å². The Labute approximate surface area is 230 Å². The predicted molar refractivity (Wildman–Crippen MR) is 131 cm³/mol. The van der Waals surface area contributed by atoms with Crippen LogP contribution in [0.5, 0.6) is 0 Å². The van der Waals surface area contributed by atoms with Gasteiger partial charge in [-0.1, -0.05) is 20.8 Å². The molecule has 9 atom stereocenters. The summed E-state index contributed by atoms with van der Waals surface area (Å²) in [6.07, 6.45) is -5.52. The summed E-state index contributed by atoms with van der Waals surface area (Å²) in [6, 6.07) is 0. The van der Waals surface area contributed by atoms with Crippen LogP contribution < -0.4 is 0 Å². The Morgan fingerprint density at radius 2 is 1.65 bits per heavy atom. The first-order valence-corrected chi connectivity index (χ1v) is 15.3. The lowest BCUT2D eigenvalue weighted by Crippen LogP contribution is -2.57. The van der Waals surface area contributed by atoms with E-state index in [-0.39, 0.29) is 64.3 Å². The lowest BCUT2D eigenvalue weighted by molar-refractivity contribution is -0.259. The Balaban J connectivity index is 1.43. The molecular weight excluding hydrogens is 563 g/mol. The van der Waals surface area contributed by atoms with Crippen LogP contribution in [-0.2, 0) is 29.2 Å². The van der Waals surface area contributed by atoms with E-state index < -0.39 is 40.0 Å². The number of hydrogen-bond donors (Lipinski definition) is 1. The normalized spacial score (nSPS) is 38.2. The molecule has 4 aliphatic carbocycles. The number of carbonyl (C=O) groups is 3. The fraction of sp³-hybridized carbons (Fsp3) is 0.889. The molecule has 4 saturated carbocycles. The van der Waals surface area contributed by atoms with E-state index >= 15 is 0 Å². The molecule has 0 aliphatic heterocycles. The molecule has 1 N–H and O–H groups in total. The van der Waals surface area contributed by atoms with Gasteiger partial charge in [0.15, 0.2) is 0 Å². The summed E-state index contributed by atoms with van der Waals surface area (Å²) in [5.41, 5.74) is -0.319. The van der Waals surface area contributed by atoms with Gasteiger partial charge in [-0.2, -0.15) is 30.4 Å². The van der Waals surface area contributed by atoms with E-state index in [2.05, 4.69) is 18.6 Å². The third kappa shape index (κ3) is 5.22. The van der Waals surface area contributed by atoms with Crippen molar-refractivity contribution in [2.75, 3.05) is 0 Å². The van der Waals surface area contributed by atoms with Crippen LogP contribution >= 0.6 is 0 Å². The van der Waals surface area contributed by atoms with Gasteiger partial charge in [0.2, 0.25) is 0 Å². The number of hydrogen-bond acceptors (Lipinski definition) is 6. The van der Waals surface area contributed by atoms with E-state index in [0.717, 1.165) is 32.1 Å². The highest BCUT2D eigenvalue weighted by atomic mass is 32.2. The van der Waals surface area contributed by atoms with Gasteiger partial charge in [0, 0.05) is 31.6 Å². The second-order valence-electron chi connectivity index (χ2n) is 13.0. The predicted octanol–water partition coefficient (Wildman–Crippen LogP) is 5.76. The van der Waals surface area contributed by atoms with E-state index in [1.807, 2.05) is 6.92 Å². The van der Waals surface area contributed by atoms with Crippen molar-refractivity contribution in [2.45, 2.75) is 103 Å². The molecule has 228 valence electrons. The molecule has 0 aromatic carbocycles. The lowest BCUT2D eigenvalue weighted by Gasteiger charge is -2.59. The lowest BCUT2D eigenvalue weighted by atomic mass is 9.44. The van der Waals surface area contributed by atoms with E-state index in [0.29, 0.717) is 19.3 Å². The first-order chi connectivity index (χ1) is 18.2. The first-order valence-electron chi connectivity index (χ1n) is 13.9. The summed E-state index contributed by atoms with van der Waals surface area (Å²) in [7, 11) is -6.50. The number of carbonyl (C=O) groups excluding carboxylic acids is 3. The van der Waals surface area contributed by atoms with Crippen molar-refractivity contribution in [2.24, 2.45) is 46.3 Å². The number of fused-ring (bicyclic) bond motifs is 5. The van der Waals surface area contributed by atoms with Crippen molar-refractivity contribution in [3.63, 3.8) is 0 Å². The molecule has 2 unspecified atom stereocenters. The van der Waals surface area contributed by atoms with Gasteiger partial charge in [0.1, 0.15) is 11.6 Å². The monoisotopic (exact) mass is 600 g/mol. The van der Waals surface area contributed by atoms with Gasteiger partial charge in [-0.25, -0.2) is 0 Å². The minimum Gasteiger partial charge on any atom is -0.445 e. The molecule has 0 bridgehead atoms. The van der Waals surface area contributed by atoms with Gasteiger partial charge in [-0.15, -0.1) is 0 Å². The topological polar surface area (TPSA) is 115 Å². The highest BCUT2D eigenvalue weighted by Gasteiger charge is 2.66. The molecule has 4 aliphatic rings. The van der Waals surface area contributed by atoms with Crippen molar-refractivity contribution < 1.29 is 54.0 Å². The largest absolute Gasteiger partial charge is 0.445 e. The fourth-order valence-electron chi connectivity index (χ4n) is 8.90. The second-order valence-corrected chi connectivity index (χ2v) is 14.5. The summed E-state index contributed by atoms with van der Waals surface area (Å²) in [4.78, 5) is 37.7. The van der Waals surface area contributed by atoms with Crippen molar-refractivity contribution in [1.29, 1.82) is 0 Å². The van der Waals surface area contributed by atoms with Crippen molar-refractivity contribution in [3.8, 4) is 0 Å². The number of Topliss-reactive ketones (excluding diaryl/α,β-unsaturated/α-hetero) is 2. The van der Waals surface area contributed by atoms with E-state index in [4.69, 9.17) is 4.55 Å². The Kier molecular flexibility index (Phi) is 8.04. The molecule has 0 amide bonds. The van der Waals surface area contributed by atoms with Gasteiger partial charge in [-0.05, 0) is 78.9 Å². The third-order valence-electron chi connectivity index (χ3n) is 11.0. The number of ether oxygens (including phenoxy) is 1. The van der Waals surface area contributed by atoms with Crippen LogP contribution in [0.4, 0.5) is 22.0 Å². The summed E-state index contributed by atoms with van der Waals surface area (Å²) < 4.78 is 101. The molecule has 0 aromatic heterocycles. The van der Waals surface area contributed by atoms with Crippen LogP contribution in [0.15, 0.2) is 0 Å². The summed E-state index contributed by atoms with van der Waals surface area (Å²) >= 11 is 0. The fourth-order valence-corrected chi connectivity index (χ4v) is 9.35. The maximum Gasteiger partial charge on any atom is 0.432 e. The molecular formula is C27H37F5O7S. The molecule has 0 heterocycles. The van der Waals surface area contributed by atoms with Crippen LogP contribution in [-0.4, -0.2) is 48.0 Å². The zero-order valence-corrected chi connectivity index (χ0v) is 23.6. The zero-order valence-electron chi connectivity index (χ0n) is 22.8. The molecule has 7 nitrogen and oxygen atoms in total. The molecule has 40 heavy (non-hydrogen) atoms. The van der Waals surface area contributed by atoms with Gasteiger partial charge in [-0.3, -0.25) is 18.9 Å².